The Hall–Kier alpha value is -1.59. The van der Waals surface area contributed by atoms with Gasteiger partial charge in [-0.1, -0.05) is 13.3 Å². The standard InChI is InChI=1S/C12H20N4O2/c1-4-6-9-7-10(9)13-12-11(16(17)18)8(3)14-15(12)5-2/h9-10,13H,4-7H2,1-3H3. The maximum atomic E-state index is 11.1. The Bertz CT molecular complexity index is 455. The molecule has 1 aliphatic rings. The Morgan fingerprint density at radius 2 is 2.28 bits per heavy atom. The summed E-state index contributed by atoms with van der Waals surface area (Å²) in [5.41, 5.74) is 0.607. The number of aromatic nitrogens is 2. The second kappa shape index (κ2) is 4.96. The fraction of sp³-hybridized carbons (Fsp3) is 0.750. The number of hydrogen-bond acceptors (Lipinski definition) is 4. The fourth-order valence-corrected chi connectivity index (χ4v) is 2.45. The molecule has 0 saturated heterocycles. The van der Waals surface area contributed by atoms with Crippen LogP contribution in [0.1, 0.15) is 38.8 Å². The molecule has 1 fully saturated rings. The average molecular weight is 252 g/mol. The number of aryl methyl sites for hydroxylation is 2. The van der Waals surface area contributed by atoms with Crippen molar-refractivity contribution in [3.05, 3.63) is 15.8 Å². The van der Waals surface area contributed by atoms with Crippen molar-refractivity contribution < 1.29 is 4.92 Å². The Morgan fingerprint density at radius 1 is 1.56 bits per heavy atom. The number of nitro groups is 1. The lowest BCUT2D eigenvalue weighted by molar-refractivity contribution is -0.384. The second-order valence-electron chi connectivity index (χ2n) is 4.89. The highest BCUT2D eigenvalue weighted by Gasteiger charge is 2.38. The van der Waals surface area contributed by atoms with Crippen molar-refractivity contribution in [2.24, 2.45) is 5.92 Å². The lowest BCUT2D eigenvalue weighted by atomic mass is 10.2. The summed E-state index contributed by atoms with van der Waals surface area (Å²) in [7, 11) is 0. The zero-order valence-electron chi connectivity index (χ0n) is 11.1. The van der Waals surface area contributed by atoms with Gasteiger partial charge in [0.25, 0.3) is 0 Å². The molecule has 1 saturated carbocycles. The van der Waals surface area contributed by atoms with Crippen LogP contribution in [0.3, 0.4) is 0 Å². The maximum Gasteiger partial charge on any atom is 0.333 e. The monoisotopic (exact) mass is 252 g/mol. The summed E-state index contributed by atoms with van der Waals surface area (Å²) in [5.74, 6) is 1.23. The molecular formula is C12H20N4O2. The summed E-state index contributed by atoms with van der Waals surface area (Å²) in [6, 6.07) is 0.380. The van der Waals surface area contributed by atoms with Crippen LogP contribution in [0, 0.1) is 23.0 Å². The predicted octanol–water partition coefficient (Wildman–Crippen LogP) is 2.72. The van der Waals surface area contributed by atoms with Crippen molar-refractivity contribution in [1.29, 1.82) is 0 Å². The van der Waals surface area contributed by atoms with E-state index in [0.29, 0.717) is 30.0 Å². The average Bonchev–Trinajstić information content (AvgIpc) is 2.94. The Kier molecular flexibility index (Phi) is 3.54. The molecule has 0 aliphatic heterocycles. The normalized spacial score (nSPS) is 21.9. The molecule has 1 aromatic rings. The second-order valence-corrected chi connectivity index (χ2v) is 4.89. The summed E-state index contributed by atoms with van der Waals surface area (Å²) in [5, 5.41) is 18.6. The van der Waals surface area contributed by atoms with E-state index in [4.69, 9.17) is 0 Å². The van der Waals surface area contributed by atoms with Crippen LogP contribution in [0.4, 0.5) is 11.5 Å². The lowest BCUT2D eigenvalue weighted by Crippen LogP contribution is -2.11. The molecule has 2 atom stereocenters. The van der Waals surface area contributed by atoms with Crippen LogP contribution >= 0.6 is 0 Å². The van der Waals surface area contributed by atoms with Gasteiger partial charge in [0.2, 0.25) is 5.82 Å². The molecule has 6 nitrogen and oxygen atoms in total. The molecule has 1 heterocycles. The first-order chi connectivity index (χ1) is 8.58. The minimum atomic E-state index is -0.339. The van der Waals surface area contributed by atoms with E-state index in [9.17, 15) is 10.1 Å². The van der Waals surface area contributed by atoms with E-state index in [1.165, 1.54) is 6.42 Å². The molecule has 1 aliphatic carbocycles. The van der Waals surface area contributed by atoms with Crippen LogP contribution in [0.5, 0.6) is 0 Å². The first-order valence-corrected chi connectivity index (χ1v) is 6.56. The molecule has 18 heavy (non-hydrogen) atoms. The summed E-state index contributed by atoms with van der Waals surface area (Å²) < 4.78 is 1.69. The van der Waals surface area contributed by atoms with Crippen LogP contribution in [-0.2, 0) is 6.54 Å². The SMILES string of the molecule is CCCC1CC1Nc1c([N+](=O)[O-])c(C)nn1CC. The van der Waals surface area contributed by atoms with Gasteiger partial charge < -0.3 is 5.32 Å². The van der Waals surface area contributed by atoms with Gasteiger partial charge in [-0.25, -0.2) is 4.68 Å². The first kappa shape index (κ1) is 12.9. The van der Waals surface area contributed by atoms with Crippen molar-refractivity contribution >= 4 is 11.5 Å². The molecular weight excluding hydrogens is 232 g/mol. The fourth-order valence-electron chi connectivity index (χ4n) is 2.45. The van der Waals surface area contributed by atoms with E-state index in [1.807, 2.05) is 6.92 Å². The zero-order valence-corrected chi connectivity index (χ0v) is 11.1. The van der Waals surface area contributed by atoms with Crippen LogP contribution in [0.25, 0.3) is 0 Å². The van der Waals surface area contributed by atoms with Crippen LogP contribution in [0.2, 0.25) is 0 Å². The van der Waals surface area contributed by atoms with Gasteiger partial charge in [0, 0.05) is 12.6 Å². The van der Waals surface area contributed by atoms with E-state index in [-0.39, 0.29) is 10.6 Å². The highest BCUT2D eigenvalue weighted by molar-refractivity contribution is 5.60. The molecule has 0 spiro atoms. The molecule has 6 heteroatoms. The highest BCUT2D eigenvalue weighted by atomic mass is 16.6. The smallest absolute Gasteiger partial charge is 0.333 e. The quantitative estimate of drug-likeness (QED) is 0.624. The number of nitrogens with one attached hydrogen (secondary N) is 1. The molecule has 0 radical (unpaired) electrons. The molecule has 0 amide bonds. The topological polar surface area (TPSA) is 73.0 Å². The predicted molar refractivity (Wildman–Crippen MR) is 69.7 cm³/mol. The highest BCUT2D eigenvalue weighted by Crippen LogP contribution is 2.39. The van der Waals surface area contributed by atoms with E-state index in [2.05, 4.69) is 17.3 Å². The molecule has 0 aromatic carbocycles. The third-order valence-electron chi connectivity index (χ3n) is 3.48. The minimum Gasteiger partial charge on any atom is -0.362 e. The Labute approximate surface area is 107 Å². The van der Waals surface area contributed by atoms with Crippen molar-refractivity contribution in [1.82, 2.24) is 9.78 Å². The number of rotatable bonds is 6. The van der Waals surface area contributed by atoms with Gasteiger partial charge >= 0.3 is 5.69 Å². The van der Waals surface area contributed by atoms with E-state index >= 15 is 0 Å². The van der Waals surface area contributed by atoms with Gasteiger partial charge in [-0.2, -0.15) is 5.10 Å². The van der Waals surface area contributed by atoms with Crippen molar-refractivity contribution in [2.75, 3.05) is 5.32 Å². The molecule has 1 aromatic heterocycles. The maximum absolute atomic E-state index is 11.1. The lowest BCUT2D eigenvalue weighted by Gasteiger charge is -2.07. The number of hydrogen-bond donors (Lipinski definition) is 1. The van der Waals surface area contributed by atoms with Gasteiger partial charge in [-0.15, -0.1) is 0 Å². The molecule has 1 N–H and O–H groups in total. The van der Waals surface area contributed by atoms with Gasteiger partial charge in [0.05, 0.1) is 4.92 Å². The van der Waals surface area contributed by atoms with Gasteiger partial charge in [-0.3, -0.25) is 10.1 Å². The largest absolute Gasteiger partial charge is 0.362 e. The number of nitrogens with zero attached hydrogens (tertiary/aromatic N) is 3. The van der Waals surface area contributed by atoms with E-state index < -0.39 is 0 Å². The van der Waals surface area contributed by atoms with Gasteiger partial charge in [0.15, 0.2) is 0 Å². The van der Waals surface area contributed by atoms with Crippen LogP contribution < -0.4 is 5.32 Å². The van der Waals surface area contributed by atoms with Gasteiger partial charge in [-0.05, 0) is 32.6 Å². The van der Waals surface area contributed by atoms with Crippen molar-refractivity contribution in [2.45, 2.75) is 52.6 Å². The number of anilines is 1. The van der Waals surface area contributed by atoms with E-state index in [0.717, 1.165) is 12.8 Å². The zero-order chi connectivity index (χ0) is 13.3. The summed E-state index contributed by atoms with van der Waals surface area (Å²) in [6.07, 6.45) is 3.46. The third kappa shape index (κ3) is 2.32. The van der Waals surface area contributed by atoms with Crippen molar-refractivity contribution in [3.8, 4) is 0 Å². The van der Waals surface area contributed by atoms with Gasteiger partial charge in [0.1, 0.15) is 5.69 Å². The third-order valence-corrected chi connectivity index (χ3v) is 3.48. The van der Waals surface area contributed by atoms with Crippen LogP contribution in [0.15, 0.2) is 0 Å². The summed E-state index contributed by atoms with van der Waals surface area (Å²) in [4.78, 5) is 10.8. The Morgan fingerprint density at radius 3 is 2.83 bits per heavy atom. The van der Waals surface area contributed by atoms with Crippen LogP contribution in [-0.4, -0.2) is 20.7 Å². The van der Waals surface area contributed by atoms with E-state index in [1.54, 1.807) is 11.6 Å². The molecule has 2 unspecified atom stereocenters. The van der Waals surface area contributed by atoms with Crippen molar-refractivity contribution in [3.63, 3.8) is 0 Å². The summed E-state index contributed by atoms with van der Waals surface area (Å²) >= 11 is 0. The minimum absolute atomic E-state index is 0.124. The molecule has 0 bridgehead atoms. The Balaban J connectivity index is 2.18. The molecule has 2 rings (SSSR count). The summed E-state index contributed by atoms with van der Waals surface area (Å²) in [6.45, 7) is 6.43. The first-order valence-electron chi connectivity index (χ1n) is 6.56. The molecule has 100 valence electrons.